The molecule has 0 radical (unpaired) electrons. The van der Waals surface area contributed by atoms with Gasteiger partial charge in [-0.1, -0.05) is 11.8 Å². The molecule has 22 heavy (non-hydrogen) atoms. The van der Waals surface area contributed by atoms with Crippen molar-refractivity contribution >= 4 is 29.4 Å². The first-order chi connectivity index (χ1) is 10.6. The molecule has 1 aromatic heterocycles. The highest BCUT2D eigenvalue weighted by Gasteiger charge is 2.22. The Balaban J connectivity index is 2.15. The molecule has 0 spiro atoms. The second-order valence-corrected chi connectivity index (χ2v) is 6.69. The molecule has 114 valence electrons. The number of thioether (sulfide) groups is 2. The van der Waals surface area contributed by atoms with E-state index < -0.39 is 5.91 Å². The maximum absolute atomic E-state index is 13.1. The molecule has 0 saturated heterocycles. The van der Waals surface area contributed by atoms with Gasteiger partial charge in [-0.05, 0) is 24.3 Å². The van der Waals surface area contributed by atoms with Gasteiger partial charge in [-0.3, -0.25) is 14.2 Å². The van der Waals surface area contributed by atoms with Gasteiger partial charge in [-0.25, -0.2) is 9.37 Å². The second-order valence-electron chi connectivity index (χ2n) is 4.64. The van der Waals surface area contributed by atoms with Crippen LogP contribution in [0.5, 0.6) is 0 Å². The SMILES string of the molecule is NC(=O)CSc1nc2c(c(=O)n1-c1ccc(F)cc1)SCC2. The fourth-order valence-electron chi connectivity index (χ4n) is 2.14. The molecule has 1 aliphatic rings. The van der Waals surface area contributed by atoms with Crippen molar-refractivity contribution in [2.45, 2.75) is 16.5 Å². The topological polar surface area (TPSA) is 78.0 Å². The van der Waals surface area contributed by atoms with Crippen LogP contribution in [0, 0.1) is 5.82 Å². The Morgan fingerprint density at radius 1 is 1.41 bits per heavy atom. The number of carbonyl (C=O) groups is 1. The average Bonchev–Trinajstić information content (AvgIpc) is 2.95. The molecule has 3 rings (SSSR count). The molecule has 0 atom stereocenters. The molecule has 1 amide bonds. The fraction of sp³-hybridized carbons (Fsp3) is 0.214. The summed E-state index contributed by atoms with van der Waals surface area (Å²) in [7, 11) is 0. The molecular formula is C14H12FN3O2S2. The molecule has 8 heteroatoms. The predicted molar refractivity (Wildman–Crippen MR) is 84.1 cm³/mol. The van der Waals surface area contributed by atoms with E-state index in [1.165, 1.54) is 40.6 Å². The molecule has 0 unspecified atom stereocenters. The summed E-state index contributed by atoms with van der Waals surface area (Å²) >= 11 is 2.58. The van der Waals surface area contributed by atoms with E-state index in [0.717, 1.165) is 29.6 Å². The monoisotopic (exact) mass is 337 g/mol. The Labute approximate surface area is 134 Å². The van der Waals surface area contributed by atoms with Crippen LogP contribution in [-0.4, -0.2) is 27.0 Å². The third-order valence-electron chi connectivity index (χ3n) is 3.09. The van der Waals surface area contributed by atoms with E-state index in [0.29, 0.717) is 15.7 Å². The maximum Gasteiger partial charge on any atom is 0.272 e. The van der Waals surface area contributed by atoms with Gasteiger partial charge in [0.1, 0.15) is 5.82 Å². The van der Waals surface area contributed by atoms with Crippen LogP contribution in [0.1, 0.15) is 5.69 Å². The minimum atomic E-state index is -0.486. The first kappa shape index (κ1) is 15.1. The highest BCUT2D eigenvalue weighted by Crippen LogP contribution is 2.29. The number of fused-ring (bicyclic) bond motifs is 1. The Hall–Kier alpha value is -1.80. The number of primary amides is 1. The Kier molecular flexibility index (Phi) is 4.21. The fourth-order valence-corrected chi connectivity index (χ4v) is 3.93. The predicted octanol–water partition coefficient (Wildman–Crippen LogP) is 1.60. The van der Waals surface area contributed by atoms with E-state index in [1.54, 1.807) is 0 Å². The third kappa shape index (κ3) is 2.89. The van der Waals surface area contributed by atoms with Gasteiger partial charge in [0.15, 0.2) is 5.16 Å². The molecule has 2 aromatic rings. The number of nitrogens with two attached hydrogens (primary N) is 1. The number of aromatic nitrogens is 2. The van der Waals surface area contributed by atoms with E-state index >= 15 is 0 Å². The number of amides is 1. The summed E-state index contributed by atoms with van der Waals surface area (Å²) in [6.45, 7) is 0. The molecule has 1 aromatic carbocycles. The Bertz CT molecular complexity index is 790. The number of benzene rings is 1. The van der Waals surface area contributed by atoms with Crippen LogP contribution in [0.15, 0.2) is 39.1 Å². The summed E-state index contributed by atoms with van der Waals surface area (Å²) in [4.78, 5) is 28.8. The number of nitrogens with zero attached hydrogens (tertiary/aromatic N) is 2. The van der Waals surface area contributed by atoms with Crippen LogP contribution in [0.25, 0.3) is 5.69 Å². The van der Waals surface area contributed by atoms with Gasteiger partial charge in [-0.2, -0.15) is 0 Å². The molecule has 2 N–H and O–H groups in total. The lowest BCUT2D eigenvalue weighted by Crippen LogP contribution is -2.24. The zero-order valence-electron chi connectivity index (χ0n) is 11.4. The standard InChI is InChI=1S/C14H12FN3O2S2/c15-8-1-3-9(4-2-8)18-13(20)12-10(5-6-21-12)17-14(18)22-7-11(16)19/h1-4H,5-7H2,(H2,16,19). The highest BCUT2D eigenvalue weighted by molar-refractivity contribution is 8.00. The molecule has 0 fully saturated rings. The van der Waals surface area contributed by atoms with Crippen LogP contribution in [0.4, 0.5) is 4.39 Å². The smallest absolute Gasteiger partial charge is 0.272 e. The number of rotatable bonds is 4. The first-order valence-corrected chi connectivity index (χ1v) is 8.49. The van der Waals surface area contributed by atoms with Crippen molar-refractivity contribution in [2.75, 3.05) is 11.5 Å². The summed E-state index contributed by atoms with van der Waals surface area (Å²) in [6, 6.07) is 5.59. The first-order valence-electron chi connectivity index (χ1n) is 6.52. The molecular weight excluding hydrogens is 325 g/mol. The normalized spacial score (nSPS) is 13.1. The minimum absolute atomic E-state index is 0.0273. The lowest BCUT2D eigenvalue weighted by Gasteiger charge is -2.13. The van der Waals surface area contributed by atoms with Crippen LogP contribution >= 0.6 is 23.5 Å². The van der Waals surface area contributed by atoms with Crippen molar-refractivity contribution in [3.8, 4) is 5.69 Å². The molecule has 0 bridgehead atoms. The lowest BCUT2D eigenvalue weighted by atomic mass is 10.3. The molecule has 0 aliphatic carbocycles. The molecule has 0 saturated carbocycles. The van der Waals surface area contributed by atoms with Crippen molar-refractivity contribution in [3.05, 3.63) is 46.1 Å². The zero-order chi connectivity index (χ0) is 15.7. The Morgan fingerprint density at radius 2 is 2.14 bits per heavy atom. The van der Waals surface area contributed by atoms with Crippen molar-refractivity contribution in [1.82, 2.24) is 9.55 Å². The highest BCUT2D eigenvalue weighted by atomic mass is 32.2. The van der Waals surface area contributed by atoms with Crippen LogP contribution in [-0.2, 0) is 11.2 Å². The van der Waals surface area contributed by atoms with Crippen molar-refractivity contribution < 1.29 is 9.18 Å². The van der Waals surface area contributed by atoms with Crippen molar-refractivity contribution in [1.29, 1.82) is 0 Å². The third-order valence-corrected chi connectivity index (χ3v) is 5.16. The molecule has 1 aliphatic heterocycles. The van der Waals surface area contributed by atoms with E-state index in [-0.39, 0.29) is 17.1 Å². The Morgan fingerprint density at radius 3 is 2.82 bits per heavy atom. The number of carbonyl (C=O) groups excluding carboxylic acids is 1. The van der Waals surface area contributed by atoms with Crippen molar-refractivity contribution in [3.63, 3.8) is 0 Å². The molecule has 2 heterocycles. The maximum atomic E-state index is 13.1. The summed E-state index contributed by atoms with van der Waals surface area (Å²) in [5.74, 6) is -0.0313. The van der Waals surface area contributed by atoms with E-state index in [2.05, 4.69) is 4.98 Å². The van der Waals surface area contributed by atoms with Gasteiger partial charge >= 0.3 is 0 Å². The second kappa shape index (κ2) is 6.13. The van der Waals surface area contributed by atoms with Crippen LogP contribution < -0.4 is 11.3 Å². The van der Waals surface area contributed by atoms with Gasteiger partial charge in [0, 0.05) is 12.2 Å². The van der Waals surface area contributed by atoms with Crippen molar-refractivity contribution in [2.24, 2.45) is 5.73 Å². The zero-order valence-corrected chi connectivity index (χ0v) is 13.0. The van der Waals surface area contributed by atoms with Gasteiger partial charge in [0.25, 0.3) is 5.56 Å². The number of hydrogen-bond acceptors (Lipinski definition) is 5. The van der Waals surface area contributed by atoms with Gasteiger partial charge in [-0.15, -0.1) is 11.8 Å². The lowest BCUT2D eigenvalue weighted by molar-refractivity contribution is -0.115. The van der Waals surface area contributed by atoms with E-state index in [4.69, 9.17) is 5.73 Å². The number of aryl methyl sites for hydroxylation is 1. The largest absolute Gasteiger partial charge is 0.369 e. The summed E-state index contributed by atoms with van der Waals surface area (Å²) in [6.07, 6.45) is 0.726. The minimum Gasteiger partial charge on any atom is -0.369 e. The summed E-state index contributed by atoms with van der Waals surface area (Å²) < 4.78 is 14.5. The quantitative estimate of drug-likeness (QED) is 0.677. The van der Waals surface area contributed by atoms with Gasteiger partial charge in [0.2, 0.25) is 5.91 Å². The van der Waals surface area contributed by atoms with Crippen LogP contribution in [0.2, 0.25) is 0 Å². The van der Waals surface area contributed by atoms with Gasteiger partial charge in [0.05, 0.1) is 22.0 Å². The summed E-state index contributed by atoms with van der Waals surface area (Å²) in [5, 5.41) is 0.400. The number of hydrogen-bond donors (Lipinski definition) is 1. The average molecular weight is 337 g/mol. The molecule has 5 nitrogen and oxygen atoms in total. The van der Waals surface area contributed by atoms with E-state index in [1.807, 2.05) is 0 Å². The van der Waals surface area contributed by atoms with Crippen LogP contribution in [0.3, 0.4) is 0 Å². The van der Waals surface area contributed by atoms with Gasteiger partial charge < -0.3 is 5.73 Å². The van der Waals surface area contributed by atoms with E-state index in [9.17, 15) is 14.0 Å². The number of halogens is 1. The summed E-state index contributed by atoms with van der Waals surface area (Å²) in [5.41, 5.74) is 6.25.